The zero-order valence-corrected chi connectivity index (χ0v) is 11.4. The molecule has 0 saturated carbocycles. The number of carbonyl (C=O) groups is 1. The van der Waals surface area contributed by atoms with Gasteiger partial charge in [0.1, 0.15) is 6.61 Å². The number of hydrogen-bond acceptors (Lipinski definition) is 5. The zero-order valence-electron chi connectivity index (χ0n) is 11.4. The molecule has 0 aromatic heterocycles. The Labute approximate surface area is 121 Å². The van der Waals surface area contributed by atoms with Crippen LogP contribution in [-0.4, -0.2) is 17.9 Å². The summed E-state index contributed by atoms with van der Waals surface area (Å²) < 4.78 is 5.21. The molecule has 108 valence electrons. The van der Waals surface area contributed by atoms with Gasteiger partial charge in [-0.25, -0.2) is 4.79 Å². The Bertz CT molecular complexity index is 653. The minimum atomic E-state index is -0.473. The Morgan fingerprint density at radius 2 is 1.86 bits per heavy atom. The third kappa shape index (κ3) is 3.56. The quantitative estimate of drug-likeness (QED) is 0.519. The molecule has 2 aromatic carbocycles. The molecule has 0 unspecified atom stereocenters. The van der Waals surface area contributed by atoms with Crippen LogP contribution in [0.4, 0.5) is 11.4 Å². The average molecular weight is 286 g/mol. The highest BCUT2D eigenvalue weighted by molar-refractivity contribution is 5.95. The molecule has 0 amide bonds. The van der Waals surface area contributed by atoms with Crippen LogP contribution in [0.1, 0.15) is 15.9 Å². The lowest BCUT2D eigenvalue weighted by Crippen LogP contribution is -2.08. The highest BCUT2D eigenvalue weighted by atomic mass is 16.6. The predicted octanol–water partition coefficient (Wildman–Crippen LogP) is 2.99. The number of rotatable bonds is 5. The maximum Gasteiger partial charge on any atom is 0.340 e. The first-order chi connectivity index (χ1) is 10.1. The van der Waals surface area contributed by atoms with Gasteiger partial charge in [-0.1, -0.05) is 12.1 Å². The summed E-state index contributed by atoms with van der Waals surface area (Å²) in [5.41, 5.74) is 1.83. The van der Waals surface area contributed by atoms with Crippen LogP contribution in [0.25, 0.3) is 0 Å². The van der Waals surface area contributed by atoms with E-state index in [0.717, 1.165) is 0 Å². The van der Waals surface area contributed by atoms with Crippen LogP contribution in [0.3, 0.4) is 0 Å². The van der Waals surface area contributed by atoms with Gasteiger partial charge in [-0.3, -0.25) is 10.1 Å². The fourth-order valence-electron chi connectivity index (χ4n) is 1.82. The van der Waals surface area contributed by atoms with E-state index >= 15 is 0 Å². The summed E-state index contributed by atoms with van der Waals surface area (Å²) in [4.78, 5) is 22.1. The summed E-state index contributed by atoms with van der Waals surface area (Å²) in [6.45, 7) is 0.0644. The smallest absolute Gasteiger partial charge is 0.340 e. The lowest BCUT2D eigenvalue weighted by Gasteiger charge is -2.09. The van der Waals surface area contributed by atoms with Gasteiger partial charge in [0, 0.05) is 24.9 Å². The summed E-state index contributed by atoms with van der Waals surface area (Å²) >= 11 is 0. The van der Waals surface area contributed by atoms with Crippen molar-refractivity contribution in [2.45, 2.75) is 6.61 Å². The number of hydrogen-bond donors (Lipinski definition) is 1. The molecule has 6 nitrogen and oxygen atoms in total. The number of benzene rings is 2. The van der Waals surface area contributed by atoms with Crippen molar-refractivity contribution in [1.29, 1.82) is 0 Å². The van der Waals surface area contributed by atoms with Crippen LogP contribution in [0.2, 0.25) is 0 Å². The van der Waals surface area contributed by atoms with Crippen molar-refractivity contribution in [3.63, 3.8) is 0 Å². The van der Waals surface area contributed by atoms with E-state index in [0.29, 0.717) is 16.8 Å². The van der Waals surface area contributed by atoms with Gasteiger partial charge in [-0.05, 0) is 29.8 Å². The van der Waals surface area contributed by atoms with Gasteiger partial charge < -0.3 is 10.1 Å². The highest BCUT2D eigenvalue weighted by Crippen LogP contribution is 2.17. The summed E-state index contributed by atoms with van der Waals surface area (Å²) in [6, 6.07) is 12.9. The Morgan fingerprint density at radius 3 is 2.48 bits per heavy atom. The topological polar surface area (TPSA) is 81.5 Å². The number of nitro groups is 1. The summed E-state index contributed by atoms with van der Waals surface area (Å²) in [5, 5.41) is 13.5. The van der Waals surface area contributed by atoms with Gasteiger partial charge in [0.05, 0.1) is 10.5 Å². The molecule has 0 atom stereocenters. The van der Waals surface area contributed by atoms with Gasteiger partial charge >= 0.3 is 5.97 Å². The Morgan fingerprint density at radius 1 is 1.19 bits per heavy atom. The third-order valence-corrected chi connectivity index (χ3v) is 2.93. The molecule has 1 N–H and O–H groups in total. The molecule has 21 heavy (non-hydrogen) atoms. The maximum absolute atomic E-state index is 12.0. The lowest BCUT2D eigenvalue weighted by molar-refractivity contribution is -0.384. The van der Waals surface area contributed by atoms with Gasteiger partial charge in [-0.2, -0.15) is 0 Å². The minimum Gasteiger partial charge on any atom is -0.457 e. The number of nitrogens with one attached hydrogen (secondary N) is 1. The molecule has 2 rings (SSSR count). The fraction of sp³-hybridized carbons (Fsp3) is 0.133. The van der Waals surface area contributed by atoms with Gasteiger partial charge in [0.2, 0.25) is 0 Å². The molecule has 0 aliphatic rings. The molecule has 0 fully saturated rings. The van der Waals surface area contributed by atoms with Crippen molar-refractivity contribution in [2.75, 3.05) is 12.4 Å². The van der Waals surface area contributed by atoms with Crippen LogP contribution in [0.5, 0.6) is 0 Å². The van der Waals surface area contributed by atoms with Gasteiger partial charge in [-0.15, -0.1) is 0 Å². The molecule has 0 heterocycles. The number of carbonyl (C=O) groups excluding carboxylic acids is 1. The van der Waals surface area contributed by atoms with E-state index in [2.05, 4.69) is 5.32 Å². The van der Waals surface area contributed by atoms with E-state index in [1.54, 1.807) is 37.4 Å². The van der Waals surface area contributed by atoms with Crippen molar-refractivity contribution >= 4 is 17.3 Å². The standard InChI is InChI=1S/C15H14N2O4/c1-16-14-5-3-2-4-13(14)15(18)21-10-11-6-8-12(9-7-11)17(19)20/h2-9,16H,10H2,1H3. The Kier molecular flexibility index (Phi) is 4.50. The SMILES string of the molecule is CNc1ccccc1C(=O)OCc1ccc([N+](=O)[O-])cc1. The van der Waals surface area contributed by atoms with Gasteiger partial charge in [0.15, 0.2) is 0 Å². The molecule has 0 saturated heterocycles. The van der Waals surface area contributed by atoms with E-state index in [4.69, 9.17) is 4.74 Å². The molecular formula is C15H14N2O4. The van der Waals surface area contributed by atoms with Crippen molar-refractivity contribution in [3.05, 3.63) is 69.8 Å². The van der Waals surface area contributed by atoms with E-state index < -0.39 is 10.9 Å². The first-order valence-electron chi connectivity index (χ1n) is 6.29. The van der Waals surface area contributed by atoms with E-state index in [9.17, 15) is 14.9 Å². The van der Waals surface area contributed by atoms with E-state index in [1.807, 2.05) is 6.07 Å². The molecule has 0 radical (unpaired) electrons. The summed E-state index contributed by atoms with van der Waals surface area (Å²) in [6.07, 6.45) is 0. The highest BCUT2D eigenvalue weighted by Gasteiger charge is 2.12. The van der Waals surface area contributed by atoms with Crippen LogP contribution >= 0.6 is 0 Å². The normalized spacial score (nSPS) is 9.95. The van der Waals surface area contributed by atoms with E-state index in [1.165, 1.54) is 12.1 Å². The monoisotopic (exact) mass is 286 g/mol. The number of non-ortho nitro benzene ring substituents is 1. The maximum atomic E-state index is 12.0. The van der Waals surface area contributed by atoms with Gasteiger partial charge in [0.25, 0.3) is 5.69 Å². The molecular weight excluding hydrogens is 272 g/mol. The zero-order chi connectivity index (χ0) is 15.2. The fourth-order valence-corrected chi connectivity index (χ4v) is 1.82. The summed E-state index contributed by atoms with van der Waals surface area (Å²) in [7, 11) is 1.72. The second kappa shape index (κ2) is 6.51. The lowest BCUT2D eigenvalue weighted by atomic mass is 10.2. The third-order valence-electron chi connectivity index (χ3n) is 2.93. The number of nitrogens with zero attached hydrogens (tertiary/aromatic N) is 1. The van der Waals surface area contributed by atoms with Crippen LogP contribution in [0, 0.1) is 10.1 Å². The number of anilines is 1. The van der Waals surface area contributed by atoms with Crippen molar-refractivity contribution in [1.82, 2.24) is 0 Å². The second-order valence-electron chi connectivity index (χ2n) is 4.30. The van der Waals surface area contributed by atoms with Crippen molar-refractivity contribution < 1.29 is 14.5 Å². The van der Waals surface area contributed by atoms with Crippen LogP contribution in [0.15, 0.2) is 48.5 Å². The second-order valence-corrected chi connectivity index (χ2v) is 4.30. The largest absolute Gasteiger partial charge is 0.457 e. The predicted molar refractivity (Wildman–Crippen MR) is 78.2 cm³/mol. The Hall–Kier alpha value is -2.89. The molecule has 0 spiro atoms. The number of nitro benzene ring substituents is 1. The molecule has 6 heteroatoms. The number of para-hydroxylation sites is 1. The van der Waals surface area contributed by atoms with Crippen molar-refractivity contribution in [2.24, 2.45) is 0 Å². The van der Waals surface area contributed by atoms with Crippen LogP contribution < -0.4 is 5.32 Å². The molecule has 0 aliphatic heterocycles. The van der Waals surface area contributed by atoms with Crippen molar-refractivity contribution in [3.8, 4) is 0 Å². The first kappa shape index (κ1) is 14.5. The molecule has 0 aliphatic carbocycles. The number of ether oxygens (including phenoxy) is 1. The van der Waals surface area contributed by atoms with E-state index in [-0.39, 0.29) is 12.3 Å². The minimum absolute atomic E-state index is 0.00519. The Balaban J connectivity index is 2.02. The molecule has 0 bridgehead atoms. The molecule has 2 aromatic rings. The van der Waals surface area contributed by atoms with Crippen LogP contribution in [-0.2, 0) is 11.3 Å². The summed E-state index contributed by atoms with van der Waals surface area (Å²) in [5.74, 6) is -0.446. The average Bonchev–Trinajstić information content (AvgIpc) is 2.52. The number of esters is 1. The first-order valence-corrected chi connectivity index (χ1v) is 6.29.